The Morgan fingerprint density at radius 2 is 1.90 bits per heavy atom. The summed E-state index contributed by atoms with van der Waals surface area (Å²) in [7, 11) is -3.75. The lowest BCUT2D eigenvalue weighted by atomic mass is 10.0. The highest BCUT2D eigenvalue weighted by Gasteiger charge is 2.24. The van der Waals surface area contributed by atoms with Crippen molar-refractivity contribution in [2.45, 2.75) is 30.9 Å². The molecule has 2 aromatic carbocycles. The van der Waals surface area contributed by atoms with E-state index in [1.54, 1.807) is 30.5 Å². The largest absolute Gasteiger partial charge is 0.462 e. The Kier molecular flexibility index (Phi) is 5.53. The summed E-state index contributed by atoms with van der Waals surface area (Å²) in [6.45, 7) is 4.05. The van der Waals surface area contributed by atoms with Gasteiger partial charge in [-0.2, -0.15) is 0 Å². The SMILES string of the molecule is CCCCOC(=O)c1c(C)oc2c1cc(NS(=O)(=O)c1cccs1)c1ccccc12. The molecule has 0 atom stereocenters. The molecule has 30 heavy (non-hydrogen) atoms. The second-order valence-corrected chi connectivity index (χ2v) is 9.76. The molecule has 4 aromatic rings. The number of rotatable bonds is 7. The maximum absolute atomic E-state index is 12.8. The molecular formula is C22H21NO5S2. The number of hydrogen-bond donors (Lipinski definition) is 1. The maximum Gasteiger partial charge on any atom is 0.342 e. The lowest BCUT2D eigenvalue weighted by Crippen LogP contribution is -2.12. The van der Waals surface area contributed by atoms with Crippen molar-refractivity contribution in [2.24, 2.45) is 0 Å². The second kappa shape index (κ2) is 8.12. The van der Waals surface area contributed by atoms with Crippen molar-refractivity contribution < 1.29 is 22.4 Å². The fourth-order valence-electron chi connectivity index (χ4n) is 3.37. The number of aryl methyl sites for hydroxylation is 1. The first kappa shape index (κ1) is 20.4. The lowest BCUT2D eigenvalue weighted by molar-refractivity contribution is 0.0500. The fourth-order valence-corrected chi connectivity index (χ4v) is 5.43. The topological polar surface area (TPSA) is 85.6 Å². The van der Waals surface area contributed by atoms with Crippen molar-refractivity contribution in [2.75, 3.05) is 11.3 Å². The molecule has 8 heteroatoms. The van der Waals surface area contributed by atoms with Gasteiger partial charge in [0.2, 0.25) is 0 Å². The van der Waals surface area contributed by atoms with Gasteiger partial charge in [0.25, 0.3) is 10.0 Å². The highest BCUT2D eigenvalue weighted by atomic mass is 32.2. The number of thiophene rings is 1. The minimum absolute atomic E-state index is 0.217. The highest BCUT2D eigenvalue weighted by Crippen LogP contribution is 2.38. The van der Waals surface area contributed by atoms with Gasteiger partial charge in [-0.05, 0) is 30.9 Å². The number of benzene rings is 2. The number of unbranched alkanes of at least 4 members (excludes halogenated alkanes) is 1. The quantitative estimate of drug-likeness (QED) is 0.292. The van der Waals surface area contributed by atoms with E-state index in [9.17, 15) is 13.2 Å². The van der Waals surface area contributed by atoms with Crippen LogP contribution in [0.1, 0.15) is 35.9 Å². The zero-order valence-electron chi connectivity index (χ0n) is 16.6. The van der Waals surface area contributed by atoms with Crippen LogP contribution in [0.4, 0.5) is 5.69 Å². The Balaban J connectivity index is 1.88. The predicted molar refractivity (Wildman–Crippen MR) is 119 cm³/mol. The summed E-state index contributed by atoms with van der Waals surface area (Å²) in [5.41, 5.74) is 1.24. The first-order chi connectivity index (χ1) is 14.4. The molecular weight excluding hydrogens is 422 g/mol. The van der Waals surface area contributed by atoms with Crippen molar-refractivity contribution >= 4 is 54.8 Å². The minimum Gasteiger partial charge on any atom is -0.462 e. The van der Waals surface area contributed by atoms with Crippen LogP contribution < -0.4 is 4.72 Å². The lowest BCUT2D eigenvalue weighted by Gasteiger charge is -2.11. The third-order valence-electron chi connectivity index (χ3n) is 4.81. The first-order valence-corrected chi connectivity index (χ1v) is 12.0. The number of hydrogen-bond acceptors (Lipinski definition) is 6. The molecule has 1 N–H and O–H groups in total. The summed E-state index contributed by atoms with van der Waals surface area (Å²) in [6, 6.07) is 12.2. The van der Waals surface area contributed by atoms with Crippen molar-refractivity contribution in [1.29, 1.82) is 0 Å². The van der Waals surface area contributed by atoms with Crippen LogP contribution in [0, 0.1) is 6.92 Å². The minimum atomic E-state index is -3.75. The summed E-state index contributed by atoms with van der Waals surface area (Å²) in [6.07, 6.45) is 1.69. The van der Waals surface area contributed by atoms with E-state index in [-0.39, 0.29) is 4.21 Å². The molecule has 0 fully saturated rings. The molecule has 0 saturated carbocycles. The number of esters is 1. The van der Waals surface area contributed by atoms with Gasteiger partial charge < -0.3 is 9.15 Å². The van der Waals surface area contributed by atoms with Crippen LogP contribution in [-0.4, -0.2) is 21.0 Å². The normalized spacial score (nSPS) is 11.8. The van der Waals surface area contributed by atoms with Crippen LogP contribution in [0.25, 0.3) is 21.7 Å². The number of nitrogens with one attached hydrogen (secondary N) is 1. The molecule has 2 aromatic heterocycles. The Morgan fingerprint density at radius 1 is 1.13 bits per heavy atom. The molecule has 0 aliphatic rings. The van der Waals surface area contributed by atoms with Crippen LogP contribution in [0.2, 0.25) is 0 Å². The van der Waals surface area contributed by atoms with Crippen LogP contribution in [0.5, 0.6) is 0 Å². The Hall–Kier alpha value is -2.84. The van der Waals surface area contributed by atoms with Crippen LogP contribution >= 0.6 is 11.3 Å². The molecule has 0 radical (unpaired) electrons. The van der Waals surface area contributed by atoms with E-state index >= 15 is 0 Å². The van der Waals surface area contributed by atoms with Crippen LogP contribution in [0.3, 0.4) is 0 Å². The predicted octanol–water partition coefficient (Wildman–Crippen LogP) is 5.71. The van der Waals surface area contributed by atoms with E-state index < -0.39 is 16.0 Å². The second-order valence-electron chi connectivity index (χ2n) is 6.91. The number of fused-ring (bicyclic) bond motifs is 3. The average molecular weight is 444 g/mol. The fraction of sp³-hybridized carbons (Fsp3) is 0.227. The van der Waals surface area contributed by atoms with Crippen LogP contribution in [0.15, 0.2) is 56.5 Å². The van der Waals surface area contributed by atoms with Gasteiger partial charge >= 0.3 is 5.97 Å². The molecule has 0 aliphatic carbocycles. The van der Waals surface area contributed by atoms with Gasteiger partial charge in [-0.1, -0.05) is 43.7 Å². The average Bonchev–Trinajstić information content (AvgIpc) is 3.36. The molecule has 156 valence electrons. The molecule has 0 spiro atoms. The van der Waals surface area contributed by atoms with Crippen molar-refractivity contribution in [3.05, 3.63) is 59.2 Å². The summed E-state index contributed by atoms with van der Waals surface area (Å²) in [4.78, 5) is 12.7. The summed E-state index contributed by atoms with van der Waals surface area (Å²) < 4.78 is 39.9. The smallest absolute Gasteiger partial charge is 0.342 e. The molecule has 0 bridgehead atoms. The number of anilines is 1. The zero-order chi connectivity index (χ0) is 21.3. The number of furan rings is 1. The van der Waals surface area contributed by atoms with Crippen molar-refractivity contribution in [1.82, 2.24) is 0 Å². The van der Waals surface area contributed by atoms with Gasteiger partial charge in [0.05, 0.1) is 12.3 Å². The number of carbonyl (C=O) groups is 1. The van der Waals surface area contributed by atoms with Gasteiger partial charge in [0, 0.05) is 16.2 Å². The molecule has 0 amide bonds. The number of ether oxygens (including phenoxy) is 1. The standard InChI is InChI=1S/C22H21NO5S2/c1-3-4-11-27-22(24)20-14(2)28-21-16-9-6-5-8-15(16)18(13-17(20)21)23-30(25,26)19-10-7-12-29-19/h5-10,12-13,23H,3-4,11H2,1-2H3. The van der Waals surface area contributed by atoms with Gasteiger partial charge in [-0.15, -0.1) is 11.3 Å². The van der Waals surface area contributed by atoms with Gasteiger partial charge in [-0.3, -0.25) is 4.72 Å². The van der Waals surface area contributed by atoms with E-state index in [2.05, 4.69) is 4.72 Å². The zero-order valence-corrected chi connectivity index (χ0v) is 18.2. The maximum atomic E-state index is 12.8. The number of carbonyl (C=O) groups excluding carboxylic acids is 1. The Labute approximate surface area is 178 Å². The summed E-state index contributed by atoms with van der Waals surface area (Å²) in [5, 5.41) is 3.63. The van der Waals surface area contributed by atoms with Crippen LogP contribution in [-0.2, 0) is 14.8 Å². The summed E-state index contributed by atoms with van der Waals surface area (Å²) in [5.74, 6) is -0.0306. The third kappa shape index (κ3) is 3.68. The van der Waals surface area contributed by atoms with E-state index in [1.165, 1.54) is 0 Å². The van der Waals surface area contributed by atoms with E-state index in [0.29, 0.717) is 40.0 Å². The first-order valence-electron chi connectivity index (χ1n) is 9.60. The Bertz CT molecular complexity index is 1320. The van der Waals surface area contributed by atoms with Crippen molar-refractivity contribution in [3.8, 4) is 0 Å². The van der Waals surface area contributed by atoms with Gasteiger partial charge in [0.1, 0.15) is 21.1 Å². The van der Waals surface area contributed by atoms with E-state index in [4.69, 9.17) is 9.15 Å². The molecule has 0 aliphatic heterocycles. The monoisotopic (exact) mass is 443 g/mol. The van der Waals surface area contributed by atoms with Gasteiger partial charge in [-0.25, -0.2) is 13.2 Å². The third-order valence-corrected chi connectivity index (χ3v) is 7.57. The van der Waals surface area contributed by atoms with E-state index in [0.717, 1.165) is 29.6 Å². The molecule has 0 saturated heterocycles. The van der Waals surface area contributed by atoms with E-state index in [1.807, 2.05) is 31.2 Å². The Morgan fingerprint density at radius 3 is 2.60 bits per heavy atom. The van der Waals surface area contributed by atoms with Gasteiger partial charge in [0.15, 0.2) is 0 Å². The molecule has 4 rings (SSSR count). The molecule has 0 unspecified atom stereocenters. The number of sulfonamides is 1. The van der Waals surface area contributed by atoms with Crippen molar-refractivity contribution in [3.63, 3.8) is 0 Å². The highest BCUT2D eigenvalue weighted by molar-refractivity contribution is 7.94. The molecule has 2 heterocycles. The summed E-state index contributed by atoms with van der Waals surface area (Å²) >= 11 is 1.14. The molecule has 6 nitrogen and oxygen atoms in total.